The lowest BCUT2D eigenvalue weighted by Gasteiger charge is -2.32. The van der Waals surface area contributed by atoms with Gasteiger partial charge < -0.3 is 19.5 Å². The van der Waals surface area contributed by atoms with Gasteiger partial charge in [-0.15, -0.1) is 0 Å². The Labute approximate surface area is 118 Å². The molecule has 110 valence electrons. The molecular formula is C14H21N3O3. The zero-order valence-corrected chi connectivity index (χ0v) is 12.2. The van der Waals surface area contributed by atoms with E-state index in [1.807, 2.05) is 11.9 Å². The largest absolute Gasteiger partial charge is 0.478 e. The Balaban J connectivity index is 2.14. The molecule has 1 aromatic heterocycles. The molecule has 1 N–H and O–H groups in total. The Morgan fingerprint density at radius 3 is 2.35 bits per heavy atom. The molecule has 0 spiro atoms. The van der Waals surface area contributed by atoms with Crippen LogP contribution < -0.4 is 0 Å². The molecule has 1 aliphatic heterocycles. The van der Waals surface area contributed by atoms with Crippen molar-refractivity contribution in [3.63, 3.8) is 0 Å². The second-order valence-corrected chi connectivity index (χ2v) is 5.41. The van der Waals surface area contributed by atoms with Crippen molar-refractivity contribution in [3.05, 3.63) is 23.0 Å². The predicted octanol–water partition coefficient (Wildman–Crippen LogP) is 0.348. The van der Waals surface area contributed by atoms with E-state index < -0.39 is 5.97 Å². The molecule has 0 saturated carbocycles. The summed E-state index contributed by atoms with van der Waals surface area (Å²) in [4.78, 5) is 27.6. The number of hydrogen-bond acceptors (Lipinski definition) is 3. The highest BCUT2D eigenvalue weighted by Crippen LogP contribution is 2.18. The van der Waals surface area contributed by atoms with Crippen LogP contribution in [0.2, 0.25) is 0 Å². The third-order valence-electron chi connectivity index (χ3n) is 3.88. The van der Waals surface area contributed by atoms with E-state index in [1.54, 1.807) is 24.7 Å². The average molecular weight is 279 g/mol. The lowest BCUT2D eigenvalue weighted by Crippen LogP contribution is -2.47. The molecule has 0 aliphatic carbocycles. The van der Waals surface area contributed by atoms with Crippen LogP contribution in [-0.4, -0.2) is 64.6 Å². The van der Waals surface area contributed by atoms with Gasteiger partial charge in [-0.25, -0.2) is 4.79 Å². The summed E-state index contributed by atoms with van der Waals surface area (Å²) in [5.74, 6) is -0.967. The number of likely N-dealkylation sites (N-methyl/N-ethyl adjacent to an activating group) is 1. The van der Waals surface area contributed by atoms with Crippen molar-refractivity contribution >= 4 is 11.9 Å². The third kappa shape index (κ3) is 2.85. The zero-order chi connectivity index (χ0) is 14.9. The lowest BCUT2D eigenvalue weighted by molar-refractivity contribution is -0.132. The van der Waals surface area contributed by atoms with Gasteiger partial charge in [0.2, 0.25) is 5.91 Å². The molecule has 0 unspecified atom stereocenters. The van der Waals surface area contributed by atoms with Gasteiger partial charge >= 0.3 is 5.97 Å². The summed E-state index contributed by atoms with van der Waals surface area (Å²) in [6, 6.07) is 0. The van der Waals surface area contributed by atoms with E-state index in [1.165, 1.54) is 0 Å². The van der Waals surface area contributed by atoms with Crippen molar-refractivity contribution in [2.24, 2.45) is 7.05 Å². The fraction of sp³-hybridized carbons (Fsp3) is 0.571. The first-order chi connectivity index (χ1) is 9.40. The molecule has 0 bridgehead atoms. The SMILES string of the molecule is Cc1cn(C)c(CC(=O)N2CCN(C)CC2)c1C(=O)O. The standard InChI is InChI=1S/C14H21N3O3/c1-10-9-16(3)11(13(10)14(19)20)8-12(18)17-6-4-15(2)5-7-17/h9H,4-8H2,1-3H3,(H,19,20). The van der Waals surface area contributed by atoms with E-state index in [-0.39, 0.29) is 17.9 Å². The summed E-state index contributed by atoms with van der Waals surface area (Å²) in [5.41, 5.74) is 1.54. The minimum absolute atomic E-state index is 0.00167. The fourth-order valence-electron chi connectivity index (χ4n) is 2.65. The number of hydrogen-bond donors (Lipinski definition) is 1. The molecule has 1 aliphatic rings. The van der Waals surface area contributed by atoms with Gasteiger partial charge in [0, 0.05) is 45.1 Å². The van der Waals surface area contributed by atoms with Crippen LogP contribution in [0.1, 0.15) is 21.6 Å². The van der Waals surface area contributed by atoms with Crippen molar-refractivity contribution in [1.29, 1.82) is 0 Å². The predicted molar refractivity (Wildman–Crippen MR) is 74.9 cm³/mol. The molecule has 0 aromatic carbocycles. The van der Waals surface area contributed by atoms with Crippen molar-refractivity contribution in [2.75, 3.05) is 33.2 Å². The summed E-state index contributed by atoms with van der Waals surface area (Å²) in [5, 5.41) is 9.27. The first-order valence-corrected chi connectivity index (χ1v) is 6.74. The fourth-order valence-corrected chi connectivity index (χ4v) is 2.65. The first-order valence-electron chi connectivity index (χ1n) is 6.74. The number of rotatable bonds is 3. The van der Waals surface area contributed by atoms with E-state index in [2.05, 4.69) is 4.90 Å². The number of aromatic nitrogens is 1. The van der Waals surface area contributed by atoms with Crippen LogP contribution in [0, 0.1) is 6.92 Å². The Bertz CT molecular complexity index is 528. The molecular weight excluding hydrogens is 258 g/mol. The summed E-state index contributed by atoms with van der Waals surface area (Å²) in [7, 11) is 3.82. The van der Waals surface area contributed by atoms with Crippen molar-refractivity contribution in [2.45, 2.75) is 13.3 Å². The molecule has 0 atom stereocenters. The maximum Gasteiger partial charge on any atom is 0.337 e. The summed E-state index contributed by atoms with van der Waals surface area (Å²) < 4.78 is 1.74. The van der Waals surface area contributed by atoms with Crippen LogP contribution in [0.15, 0.2) is 6.20 Å². The lowest BCUT2D eigenvalue weighted by atomic mass is 10.1. The van der Waals surface area contributed by atoms with Gasteiger partial charge in [0.05, 0.1) is 12.0 Å². The quantitative estimate of drug-likeness (QED) is 0.867. The zero-order valence-electron chi connectivity index (χ0n) is 12.2. The van der Waals surface area contributed by atoms with Crippen LogP contribution in [0.5, 0.6) is 0 Å². The van der Waals surface area contributed by atoms with Crippen LogP contribution in [0.4, 0.5) is 0 Å². The summed E-state index contributed by atoms with van der Waals surface area (Å²) in [6.45, 7) is 4.91. The number of piperazine rings is 1. The Morgan fingerprint density at radius 2 is 1.80 bits per heavy atom. The smallest absolute Gasteiger partial charge is 0.337 e. The number of carboxylic acid groups (broad SMARTS) is 1. The van der Waals surface area contributed by atoms with Crippen molar-refractivity contribution in [1.82, 2.24) is 14.4 Å². The number of carbonyl (C=O) groups is 2. The average Bonchev–Trinajstić information content (AvgIpc) is 2.64. The molecule has 1 fully saturated rings. The van der Waals surface area contributed by atoms with E-state index in [0.717, 1.165) is 13.1 Å². The molecule has 1 amide bonds. The van der Waals surface area contributed by atoms with Crippen LogP contribution in [0.25, 0.3) is 0 Å². The highest BCUT2D eigenvalue weighted by atomic mass is 16.4. The first kappa shape index (κ1) is 14.6. The number of carboxylic acids is 1. The summed E-state index contributed by atoms with van der Waals surface area (Å²) >= 11 is 0. The molecule has 0 radical (unpaired) electrons. The summed E-state index contributed by atoms with van der Waals surface area (Å²) in [6.07, 6.45) is 1.91. The number of amides is 1. The van der Waals surface area contributed by atoms with Gasteiger partial charge in [0.1, 0.15) is 0 Å². The normalized spacial score (nSPS) is 16.4. The number of nitrogens with zero attached hydrogens (tertiary/aromatic N) is 3. The van der Waals surface area contributed by atoms with E-state index >= 15 is 0 Å². The number of aryl methyl sites for hydroxylation is 2. The van der Waals surface area contributed by atoms with Gasteiger partial charge in [-0.2, -0.15) is 0 Å². The molecule has 20 heavy (non-hydrogen) atoms. The monoisotopic (exact) mass is 279 g/mol. The number of carbonyl (C=O) groups excluding carboxylic acids is 1. The highest BCUT2D eigenvalue weighted by molar-refractivity contribution is 5.93. The minimum Gasteiger partial charge on any atom is -0.478 e. The van der Waals surface area contributed by atoms with E-state index in [9.17, 15) is 14.7 Å². The van der Waals surface area contributed by atoms with Crippen molar-refractivity contribution in [3.8, 4) is 0 Å². The molecule has 1 saturated heterocycles. The Morgan fingerprint density at radius 1 is 1.20 bits per heavy atom. The molecule has 6 nitrogen and oxygen atoms in total. The van der Waals surface area contributed by atoms with Crippen LogP contribution in [0.3, 0.4) is 0 Å². The molecule has 1 aromatic rings. The highest BCUT2D eigenvalue weighted by Gasteiger charge is 2.24. The van der Waals surface area contributed by atoms with Crippen LogP contribution in [-0.2, 0) is 18.3 Å². The van der Waals surface area contributed by atoms with Gasteiger partial charge in [0.15, 0.2) is 0 Å². The second-order valence-electron chi connectivity index (χ2n) is 5.41. The van der Waals surface area contributed by atoms with Gasteiger partial charge in [-0.1, -0.05) is 0 Å². The molecule has 2 heterocycles. The van der Waals surface area contributed by atoms with E-state index in [4.69, 9.17) is 0 Å². The van der Waals surface area contributed by atoms with Gasteiger partial charge in [-0.05, 0) is 19.5 Å². The molecule has 2 rings (SSSR count). The second kappa shape index (κ2) is 5.66. The van der Waals surface area contributed by atoms with Gasteiger partial charge in [-0.3, -0.25) is 4.79 Å². The van der Waals surface area contributed by atoms with Gasteiger partial charge in [0.25, 0.3) is 0 Å². The van der Waals surface area contributed by atoms with Crippen LogP contribution >= 0.6 is 0 Å². The van der Waals surface area contributed by atoms with Crippen molar-refractivity contribution < 1.29 is 14.7 Å². The van der Waals surface area contributed by atoms with E-state index in [0.29, 0.717) is 24.3 Å². The maximum atomic E-state index is 12.3. The topological polar surface area (TPSA) is 65.8 Å². The Kier molecular flexibility index (Phi) is 4.13. The minimum atomic E-state index is -0.968. The Hall–Kier alpha value is -1.82. The third-order valence-corrected chi connectivity index (χ3v) is 3.88. The molecule has 6 heteroatoms. The maximum absolute atomic E-state index is 12.3. The number of aromatic carboxylic acids is 1.